The van der Waals surface area contributed by atoms with Crippen LogP contribution in [0.3, 0.4) is 0 Å². The van der Waals surface area contributed by atoms with Gasteiger partial charge in [0, 0.05) is 35.2 Å². The Hall–Kier alpha value is -3.19. The molecule has 3 aromatic rings. The molecule has 0 atom stereocenters. The summed E-state index contributed by atoms with van der Waals surface area (Å²) in [6.45, 7) is 2.41. The number of aryl methyl sites for hydroxylation is 1. The third-order valence-electron chi connectivity index (χ3n) is 4.30. The highest BCUT2D eigenvalue weighted by molar-refractivity contribution is 7.09. The first-order valence-corrected chi connectivity index (χ1v) is 10.2. The van der Waals surface area contributed by atoms with Crippen LogP contribution in [0.2, 0.25) is 0 Å². The molecule has 6 nitrogen and oxygen atoms in total. The molecule has 0 saturated carbocycles. The fraction of sp³-hybridized carbons (Fsp3) is 0.227. The van der Waals surface area contributed by atoms with Crippen molar-refractivity contribution in [1.82, 2.24) is 10.3 Å². The van der Waals surface area contributed by atoms with Gasteiger partial charge in [0.1, 0.15) is 5.75 Å². The quantitative estimate of drug-likeness (QED) is 0.544. The van der Waals surface area contributed by atoms with E-state index in [1.54, 1.807) is 42.7 Å². The zero-order valence-corrected chi connectivity index (χ0v) is 17.2. The van der Waals surface area contributed by atoms with Crippen LogP contribution >= 0.6 is 11.3 Å². The lowest BCUT2D eigenvalue weighted by Gasteiger charge is -2.08. The number of rotatable bonds is 8. The maximum atomic E-state index is 12.1. The average molecular weight is 410 g/mol. The van der Waals surface area contributed by atoms with Crippen molar-refractivity contribution in [2.24, 2.45) is 0 Å². The predicted octanol–water partition coefficient (Wildman–Crippen LogP) is 4.28. The Bertz CT molecular complexity index is 966. The maximum absolute atomic E-state index is 12.1. The van der Waals surface area contributed by atoms with Crippen molar-refractivity contribution >= 4 is 28.8 Å². The van der Waals surface area contributed by atoms with Gasteiger partial charge in [-0.2, -0.15) is 0 Å². The van der Waals surface area contributed by atoms with Crippen LogP contribution in [0.15, 0.2) is 53.9 Å². The van der Waals surface area contributed by atoms with E-state index in [-0.39, 0.29) is 11.8 Å². The number of thiazole rings is 1. The van der Waals surface area contributed by atoms with Crippen LogP contribution in [0.4, 0.5) is 5.69 Å². The fourth-order valence-corrected chi connectivity index (χ4v) is 3.36. The topological polar surface area (TPSA) is 80.3 Å². The lowest BCUT2D eigenvalue weighted by Crippen LogP contribution is -2.25. The van der Waals surface area contributed by atoms with E-state index in [4.69, 9.17) is 4.74 Å². The van der Waals surface area contributed by atoms with Gasteiger partial charge in [0.25, 0.3) is 5.91 Å². The van der Waals surface area contributed by atoms with Crippen LogP contribution in [-0.4, -0.2) is 30.5 Å². The second-order valence-corrected chi connectivity index (χ2v) is 7.53. The number of carbonyl (C=O) groups excluding carboxylic acids is 2. The van der Waals surface area contributed by atoms with E-state index in [1.807, 2.05) is 36.6 Å². The molecule has 0 fully saturated rings. The number of amides is 2. The maximum Gasteiger partial charge on any atom is 0.251 e. The first-order valence-electron chi connectivity index (χ1n) is 9.30. The fourth-order valence-electron chi connectivity index (χ4n) is 2.74. The minimum atomic E-state index is -0.166. The van der Waals surface area contributed by atoms with E-state index in [0.717, 1.165) is 22.0 Å². The minimum absolute atomic E-state index is 0.0825. The first kappa shape index (κ1) is 20.5. The molecule has 150 valence electrons. The van der Waals surface area contributed by atoms with Gasteiger partial charge in [-0.1, -0.05) is 12.1 Å². The molecule has 0 aliphatic carbocycles. The Balaban J connectivity index is 1.40. The van der Waals surface area contributed by atoms with Crippen LogP contribution < -0.4 is 15.4 Å². The van der Waals surface area contributed by atoms with Crippen LogP contribution in [0.25, 0.3) is 11.3 Å². The average Bonchev–Trinajstić information content (AvgIpc) is 3.18. The zero-order chi connectivity index (χ0) is 20.6. The van der Waals surface area contributed by atoms with Gasteiger partial charge >= 0.3 is 0 Å². The monoisotopic (exact) mass is 409 g/mol. The normalized spacial score (nSPS) is 10.4. The van der Waals surface area contributed by atoms with Gasteiger partial charge in [0.05, 0.1) is 17.8 Å². The smallest absolute Gasteiger partial charge is 0.251 e. The number of benzene rings is 2. The molecule has 0 aliphatic heterocycles. The predicted molar refractivity (Wildman–Crippen MR) is 115 cm³/mol. The lowest BCUT2D eigenvalue weighted by atomic mass is 10.1. The second-order valence-electron chi connectivity index (χ2n) is 6.47. The largest absolute Gasteiger partial charge is 0.497 e. The van der Waals surface area contributed by atoms with Crippen LogP contribution in [0.1, 0.15) is 28.2 Å². The molecule has 0 bridgehead atoms. The standard InChI is InChI=1S/C22H23N3O3S/c1-15-24-20(14-29-15)16-5-9-18(10-6-16)25-21(26)4-3-13-23-22(27)17-7-11-19(28-2)12-8-17/h5-12,14H,3-4,13H2,1-2H3,(H,23,27)(H,25,26). The molecular weight excluding hydrogens is 386 g/mol. The molecule has 0 aliphatic rings. The van der Waals surface area contributed by atoms with Crippen molar-refractivity contribution in [3.05, 3.63) is 64.5 Å². The molecule has 0 spiro atoms. The van der Waals surface area contributed by atoms with Crippen LogP contribution in [-0.2, 0) is 4.79 Å². The summed E-state index contributed by atoms with van der Waals surface area (Å²) < 4.78 is 5.07. The number of carbonyl (C=O) groups is 2. The van der Waals surface area contributed by atoms with E-state index < -0.39 is 0 Å². The highest BCUT2D eigenvalue weighted by atomic mass is 32.1. The van der Waals surface area contributed by atoms with Gasteiger partial charge in [-0.15, -0.1) is 11.3 Å². The molecule has 7 heteroatoms. The molecule has 29 heavy (non-hydrogen) atoms. The van der Waals surface area contributed by atoms with Crippen molar-refractivity contribution < 1.29 is 14.3 Å². The molecule has 1 heterocycles. The van der Waals surface area contributed by atoms with Crippen LogP contribution in [0.5, 0.6) is 5.75 Å². The number of hydrogen-bond donors (Lipinski definition) is 2. The number of ether oxygens (including phenoxy) is 1. The van der Waals surface area contributed by atoms with Gasteiger partial charge in [-0.25, -0.2) is 4.98 Å². The van der Waals surface area contributed by atoms with E-state index in [1.165, 1.54) is 0 Å². The van der Waals surface area contributed by atoms with E-state index in [9.17, 15) is 9.59 Å². The second kappa shape index (κ2) is 9.84. The van der Waals surface area contributed by atoms with Crippen molar-refractivity contribution in [2.75, 3.05) is 19.0 Å². The lowest BCUT2D eigenvalue weighted by molar-refractivity contribution is -0.116. The van der Waals surface area contributed by atoms with Gasteiger partial charge in [-0.05, 0) is 49.7 Å². The van der Waals surface area contributed by atoms with E-state index in [0.29, 0.717) is 30.7 Å². The number of nitrogens with zero attached hydrogens (tertiary/aromatic N) is 1. The summed E-state index contributed by atoms with van der Waals surface area (Å²) in [5, 5.41) is 8.73. The molecule has 0 saturated heterocycles. The molecular formula is C22H23N3O3S. The zero-order valence-electron chi connectivity index (χ0n) is 16.4. The van der Waals surface area contributed by atoms with Crippen molar-refractivity contribution in [1.29, 1.82) is 0 Å². The number of anilines is 1. The van der Waals surface area contributed by atoms with Gasteiger partial charge < -0.3 is 15.4 Å². The summed E-state index contributed by atoms with van der Waals surface area (Å²) in [5.41, 5.74) is 3.27. The number of methoxy groups -OCH3 is 1. The number of nitrogens with one attached hydrogen (secondary N) is 2. The van der Waals surface area contributed by atoms with Crippen LogP contribution in [0, 0.1) is 6.92 Å². The highest BCUT2D eigenvalue weighted by Gasteiger charge is 2.07. The Morgan fingerprint density at radius 1 is 1.07 bits per heavy atom. The first-order chi connectivity index (χ1) is 14.0. The SMILES string of the molecule is COc1ccc(C(=O)NCCCC(=O)Nc2ccc(-c3csc(C)n3)cc2)cc1. The Morgan fingerprint density at radius 3 is 2.41 bits per heavy atom. The van der Waals surface area contributed by atoms with Gasteiger partial charge in [-0.3, -0.25) is 9.59 Å². The Labute approximate surface area is 173 Å². The summed E-state index contributed by atoms with van der Waals surface area (Å²) in [4.78, 5) is 28.6. The number of aromatic nitrogens is 1. The van der Waals surface area contributed by atoms with Crippen molar-refractivity contribution in [3.63, 3.8) is 0 Å². The third-order valence-corrected chi connectivity index (χ3v) is 5.08. The van der Waals surface area contributed by atoms with Gasteiger partial charge in [0.2, 0.25) is 5.91 Å². The Morgan fingerprint density at radius 2 is 1.79 bits per heavy atom. The van der Waals surface area contributed by atoms with Crippen molar-refractivity contribution in [2.45, 2.75) is 19.8 Å². The Kier molecular flexibility index (Phi) is 6.97. The molecule has 0 radical (unpaired) electrons. The summed E-state index contributed by atoms with van der Waals surface area (Å²) in [7, 11) is 1.58. The molecule has 2 aromatic carbocycles. The molecule has 3 rings (SSSR count). The molecule has 0 unspecified atom stereocenters. The molecule has 2 N–H and O–H groups in total. The van der Waals surface area contributed by atoms with Crippen molar-refractivity contribution in [3.8, 4) is 17.0 Å². The van der Waals surface area contributed by atoms with E-state index in [2.05, 4.69) is 15.6 Å². The van der Waals surface area contributed by atoms with Gasteiger partial charge in [0.15, 0.2) is 0 Å². The summed E-state index contributed by atoms with van der Waals surface area (Å²) in [6.07, 6.45) is 0.889. The van der Waals surface area contributed by atoms with E-state index >= 15 is 0 Å². The molecule has 1 aromatic heterocycles. The third kappa shape index (κ3) is 5.89. The summed E-state index contributed by atoms with van der Waals surface area (Å²) in [6, 6.07) is 14.5. The number of hydrogen-bond acceptors (Lipinski definition) is 5. The minimum Gasteiger partial charge on any atom is -0.497 e. The molecule has 2 amide bonds. The summed E-state index contributed by atoms with van der Waals surface area (Å²) >= 11 is 1.61. The summed E-state index contributed by atoms with van der Waals surface area (Å²) in [5.74, 6) is 0.454. The highest BCUT2D eigenvalue weighted by Crippen LogP contribution is 2.23.